The number of fused-ring (bicyclic) bond motifs is 1. The Balaban J connectivity index is 2.96. The number of carbonyl (C=O) groups is 1. The predicted molar refractivity (Wildman–Crippen MR) is 48.7 cm³/mol. The summed E-state index contributed by atoms with van der Waals surface area (Å²) in [5.41, 5.74) is 4.87. The average molecular weight is 190 g/mol. The van der Waals surface area contributed by atoms with Gasteiger partial charge < -0.3 is 5.73 Å². The summed E-state index contributed by atoms with van der Waals surface area (Å²) >= 11 is 0. The van der Waals surface area contributed by atoms with Crippen molar-refractivity contribution in [2.24, 2.45) is 5.73 Å². The highest BCUT2D eigenvalue weighted by Crippen LogP contribution is 2.07. The van der Waals surface area contributed by atoms with Gasteiger partial charge in [0.15, 0.2) is 5.69 Å². The minimum Gasteiger partial charge on any atom is -0.364 e. The van der Waals surface area contributed by atoms with Crippen LogP contribution in [0.2, 0.25) is 0 Å². The molecule has 0 radical (unpaired) electrons. The molecule has 0 saturated heterocycles. The summed E-state index contributed by atoms with van der Waals surface area (Å²) in [4.78, 5) is 26.0. The lowest BCUT2D eigenvalue weighted by atomic mass is 10.2. The van der Waals surface area contributed by atoms with Crippen molar-refractivity contribution >= 4 is 16.8 Å². The molecule has 2 aromatic heterocycles. The van der Waals surface area contributed by atoms with Crippen molar-refractivity contribution in [2.75, 3.05) is 0 Å². The molecule has 0 aromatic carbocycles. The first-order valence-electron chi connectivity index (χ1n) is 3.83. The maximum atomic E-state index is 11.2. The Kier molecular flexibility index (Phi) is 1.74. The summed E-state index contributed by atoms with van der Waals surface area (Å²) in [6.45, 7) is 0. The SMILES string of the molecule is NC(=O)c1n[nH]c(=O)c2cccnc12. The van der Waals surface area contributed by atoms with Crippen LogP contribution in [-0.2, 0) is 0 Å². The molecule has 0 atom stereocenters. The molecule has 0 bridgehead atoms. The Hall–Kier alpha value is -2.24. The molecule has 0 saturated carbocycles. The molecule has 0 fully saturated rings. The lowest BCUT2D eigenvalue weighted by Crippen LogP contribution is -2.19. The first-order valence-corrected chi connectivity index (χ1v) is 3.83. The second kappa shape index (κ2) is 2.91. The molecule has 70 valence electrons. The third-order valence-corrected chi connectivity index (χ3v) is 1.78. The number of nitrogens with two attached hydrogens (primary N) is 1. The van der Waals surface area contributed by atoms with Crippen molar-refractivity contribution < 1.29 is 4.79 Å². The van der Waals surface area contributed by atoms with E-state index in [9.17, 15) is 9.59 Å². The predicted octanol–water partition coefficient (Wildman–Crippen LogP) is -0.583. The van der Waals surface area contributed by atoms with E-state index in [4.69, 9.17) is 5.73 Å². The van der Waals surface area contributed by atoms with Crippen LogP contribution in [0.5, 0.6) is 0 Å². The molecule has 6 nitrogen and oxygen atoms in total. The highest BCUT2D eigenvalue weighted by Gasteiger charge is 2.11. The molecule has 0 spiro atoms. The van der Waals surface area contributed by atoms with Crippen LogP contribution in [0.3, 0.4) is 0 Å². The molecule has 2 aromatic rings. The lowest BCUT2D eigenvalue weighted by molar-refractivity contribution is 0.0996. The van der Waals surface area contributed by atoms with Gasteiger partial charge in [0.25, 0.3) is 11.5 Å². The zero-order valence-corrected chi connectivity index (χ0v) is 7.02. The van der Waals surface area contributed by atoms with E-state index in [0.717, 1.165) is 0 Å². The van der Waals surface area contributed by atoms with Crippen LogP contribution < -0.4 is 11.3 Å². The van der Waals surface area contributed by atoms with Crippen molar-refractivity contribution in [3.63, 3.8) is 0 Å². The van der Waals surface area contributed by atoms with Gasteiger partial charge in [0, 0.05) is 6.20 Å². The number of primary amides is 1. The first kappa shape index (κ1) is 8.36. The zero-order valence-electron chi connectivity index (χ0n) is 7.02. The van der Waals surface area contributed by atoms with Gasteiger partial charge in [0.1, 0.15) is 5.52 Å². The molecule has 0 aliphatic heterocycles. The van der Waals surface area contributed by atoms with Crippen LogP contribution >= 0.6 is 0 Å². The van der Waals surface area contributed by atoms with E-state index in [0.29, 0.717) is 5.39 Å². The van der Waals surface area contributed by atoms with Gasteiger partial charge in [-0.05, 0) is 12.1 Å². The number of carbonyl (C=O) groups excluding carboxylic acids is 1. The molecule has 0 aliphatic carbocycles. The molecule has 0 unspecified atom stereocenters. The van der Waals surface area contributed by atoms with E-state index >= 15 is 0 Å². The van der Waals surface area contributed by atoms with Gasteiger partial charge >= 0.3 is 0 Å². The van der Waals surface area contributed by atoms with Crippen molar-refractivity contribution in [3.05, 3.63) is 34.4 Å². The average Bonchev–Trinajstić information content (AvgIpc) is 2.18. The van der Waals surface area contributed by atoms with Gasteiger partial charge in [-0.15, -0.1) is 0 Å². The molecule has 6 heteroatoms. The number of H-pyrrole nitrogens is 1. The van der Waals surface area contributed by atoms with Crippen LogP contribution in [0.4, 0.5) is 0 Å². The molecule has 3 N–H and O–H groups in total. The smallest absolute Gasteiger partial charge is 0.273 e. The topological polar surface area (TPSA) is 102 Å². The number of hydrogen-bond acceptors (Lipinski definition) is 4. The van der Waals surface area contributed by atoms with Crippen LogP contribution in [-0.4, -0.2) is 21.1 Å². The zero-order chi connectivity index (χ0) is 10.1. The molecule has 1 amide bonds. The van der Waals surface area contributed by atoms with E-state index in [1.54, 1.807) is 12.1 Å². The minimum absolute atomic E-state index is 0.0276. The summed E-state index contributed by atoms with van der Waals surface area (Å²) in [6.07, 6.45) is 1.47. The van der Waals surface area contributed by atoms with E-state index in [1.807, 2.05) is 0 Å². The maximum absolute atomic E-state index is 11.2. The largest absolute Gasteiger partial charge is 0.364 e. The van der Waals surface area contributed by atoms with Crippen LogP contribution in [0, 0.1) is 0 Å². The monoisotopic (exact) mass is 190 g/mol. The molecule has 14 heavy (non-hydrogen) atoms. The summed E-state index contributed by atoms with van der Waals surface area (Å²) in [6, 6.07) is 3.15. The Morgan fingerprint density at radius 1 is 1.50 bits per heavy atom. The standard InChI is InChI=1S/C8H6N4O2/c9-7(13)6-5-4(2-1-3-10-5)8(14)12-11-6/h1-3H,(H2,9,13)(H,12,14). The van der Waals surface area contributed by atoms with Crippen molar-refractivity contribution in [2.45, 2.75) is 0 Å². The van der Waals surface area contributed by atoms with Crippen LogP contribution in [0.25, 0.3) is 10.9 Å². The summed E-state index contributed by atoms with van der Waals surface area (Å²) in [5.74, 6) is -0.718. The van der Waals surface area contributed by atoms with Crippen LogP contribution in [0.1, 0.15) is 10.5 Å². The number of hydrogen-bond donors (Lipinski definition) is 2. The highest BCUT2D eigenvalue weighted by atomic mass is 16.1. The fourth-order valence-electron chi connectivity index (χ4n) is 1.17. The van der Waals surface area contributed by atoms with E-state index in [2.05, 4.69) is 15.2 Å². The Labute approximate surface area is 77.8 Å². The van der Waals surface area contributed by atoms with Crippen molar-refractivity contribution in [3.8, 4) is 0 Å². The van der Waals surface area contributed by atoms with Gasteiger partial charge in [0.05, 0.1) is 5.39 Å². The second-order valence-electron chi connectivity index (χ2n) is 2.67. The highest BCUT2D eigenvalue weighted by molar-refractivity contribution is 6.02. The van der Waals surface area contributed by atoms with E-state index < -0.39 is 11.5 Å². The normalized spacial score (nSPS) is 10.3. The van der Waals surface area contributed by atoms with Gasteiger partial charge in [-0.2, -0.15) is 5.10 Å². The van der Waals surface area contributed by atoms with Gasteiger partial charge in [-0.25, -0.2) is 5.10 Å². The Morgan fingerprint density at radius 3 is 3.00 bits per heavy atom. The fraction of sp³-hybridized carbons (Fsp3) is 0. The number of aromatic nitrogens is 3. The van der Waals surface area contributed by atoms with Crippen molar-refractivity contribution in [1.29, 1.82) is 0 Å². The third kappa shape index (κ3) is 1.13. The van der Waals surface area contributed by atoms with E-state index in [-0.39, 0.29) is 11.2 Å². The number of nitrogens with zero attached hydrogens (tertiary/aromatic N) is 2. The van der Waals surface area contributed by atoms with Gasteiger partial charge in [-0.1, -0.05) is 0 Å². The number of rotatable bonds is 1. The molecular formula is C8H6N4O2. The molecule has 2 rings (SSSR count). The molecule has 0 aliphatic rings. The van der Waals surface area contributed by atoms with Crippen molar-refractivity contribution in [1.82, 2.24) is 15.2 Å². The minimum atomic E-state index is -0.718. The summed E-state index contributed by atoms with van der Waals surface area (Å²) in [7, 11) is 0. The Bertz CT molecular complexity index is 561. The van der Waals surface area contributed by atoms with Crippen LogP contribution in [0.15, 0.2) is 23.1 Å². The van der Waals surface area contributed by atoms with Gasteiger partial charge in [-0.3, -0.25) is 14.6 Å². The maximum Gasteiger partial charge on any atom is 0.273 e. The third-order valence-electron chi connectivity index (χ3n) is 1.78. The first-order chi connectivity index (χ1) is 6.70. The summed E-state index contributed by atoms with van der Waals surface area (Å²) < 4.78 is 0. The Morgan fingerprint density at radius 2 is 2.29 bits per heavy atom. The summed E-state index contributed by atoms with van der Waals surface area (Å²) in [5, 5.41) is 6.01. The number of pyridine rings is 1. The number of aromatic amines is 1. The fourth-order valence-corrected chi connectivity index (χ4v) is 1.17. The quantitative estimate of drug-likeness (QED) is 0.627. The molecular weight excluding hydrogens is 184 g/mol. The molecule has 2 heterocycles. The van der Waals surface area contributed by atoms with Gasteiger partial charge in [0.2, 0.25) is 0 Å². The second-order valence-corrected chi connectivity index (χ2v) is 2.67. The number of nitrogens with one attached hydrogen (secondary N) is 1. The lowest BCUT2D eigenvalue weighted by Gasteiger charge is -1.98. The van der Waals surface area contributed by atoms with E-state index in [1.165, 1.54) is 6.20 Å². The number of amides is 1.